The molecule has 0 atom stereocenters. The molecule has 0 saturated heterocycles. The Hall–Kier alpha value is 0.137. The van der Waals surface area contributed by atoms with Gasteiger partial charge in [-0.15, -0.1) is 0 Å². The van der Waals surface area contributed by atoms with Crippen LogP contribution in [-0.4, -0.2) is 26.6 Å². The molecule has 0 rings (SSSR count). The molecule has 0 aromatic carbocycles. The van der Waals surface area contributed by atoms with E-state index in [4.69, 9.17) is 9.53 Å². The van der Waals surface area contributed by atoms with Crippen LogP contribution in [0.15, 0.2) is 0 Å². The molecule has 1 N–H and O–H groups in total. The van der Waals surface area contributed by atoms with E-state index in [1.54, 1.807) is 0 Å². The van der Waals surface area contributed by atoms with Crippen molar-refractivity contribution in [3.63, 3.8) is 0 Å². The molecule has 0 aromatic heterocycles. The van der Waals surface area contributed by atoms with E-state index in [1.165, 1.54) is 0 Å². The van der Waals surface area contributed by atoms with Crippen LogP contribution in [-0.2, 0) is 4.43 Å². The summed E-state index contributed by atoms with van der Waals surface area (Å²) in [7, 11) is -1.68. The van der Waals surface area contributed by atoms with Crippen LogP contribution >= 0.6 is 0 Å². The van der Waals surface area contributed by atoms with E-state index < -0.39 is 8.32 Å². The van der Waals surface area contributed by atoms with Crippen molar-refractivity contribution < 1.29 is 9.53 Å². The Morgan fingerprint density at radius 3 is 1.60 bits per heavy atom. The number of aliphatic hydroxyl groups excluding tert-OH is 1. The Morgan fingerprint density at radius 1 is 0.933 bits per heavy atom. The number of hydrogen-bond donors (Lipinski definition) is 1. The van der Waals surface area contributed by atoms with Crippen molar-refractivity contribution in [2.75, 3.05) is 13.2 Å². The van der Waals surface area contributed by atoms with Crippen LogP contribution in [0.1, 0.15) is 48.0 Å². The number of aliphatic hydroxyl groups is 1. The predicted molar refractivity (Wildman–Crippen MR) is 68.7 cm³/mol. The van der Waals surface area contributed by atoms with Crippen LogP contribution in [0.25, 0.3) is 0 Å². The summed E-state index contributed by atoms with van der Waals surface area (Å²) in [6.45, 7) is 14.7. The average Bonchev–Trinajstić information content (AvgIpc) is 2.10. The maximum absolute atomic E-state index is 8.81. The zero-order valence-corrected chi connectivity index (χ0v) is 12.2. The highest BCUT2D eigenvalue weighted by molar-refractivity contribution is 6.77. The van der Waals surface area contributed by atoms with Gasteiger partial charge in [-0.25, -0.2) is 0 Å². The highest BCUT2D eigenvalue weighted by Crippen LogP contribution is 2.42. The summed E-state index contributed by atoms with van der Waals surface area (Å²) in [5, 5.41) is 8.81. The summed E-state index contributed by atoms with van der Waals surface area (Å²) in [4.78, 5) is 0. The largest absolute Gasteiger partial charge is 0.416 e. The highest BCUT2D eigenvalue weighted by Gasteiger charge is 2.44. The van der Waals surface area contributed by atoms with Crippen molar-refractivity contribution in [3.05, 3.63) is 0 Å². The Balaban J connectivity index is 4.65. The third-order valence-electron chi connectivity index (χ3n) is 3.36. The molecule has 0 amide bonds. The molecule has 3 heteroatoms. The predicted octanol–water partition coefficient (Wildman–Crippen LogP) is 3.56. The van der Waals surface area contributed by atoms with Gasteiger partial charge < -0.3 is 9.53 Å². The van der Waals surface area contributed by atoms with Gasteiger partial charge >= 0.3 is 0 Å². The molecule has 0 spiro atoms. The number of rotatable bonds is 7. The molecule has 0 aromatic rings. The zero-order valence-electron chi connectivity index (χ0n) is 11.2. The van der Waals surface area contributed by atoms with Crippen molar-refractivity contribution >= 4 is 8.32 Å². The summed E-state index contributed by atoms with van der Waals surface area (Å²) >= 11 is 0. The monoisotopic (exact) mass is 232 g/mol. The minimum absolute atomic E-state index is 0.235. The highest BCUT2D eigenvalue weighted by atomic mass is 28.4. The van der Waals surface area contributed by atoms with Crippen molar-refractivity contribution in [1.29, 1.82) is 0 Å². The first-order valence-electron chi connectivity index (χ1n) is 6.14. The topological polar surface area (TPSA) is 29.5 Å². The van der Waals surface area contributed by atoms with E-state index in [1.807, 2.05) is 0 Å². The Labute approximate surface area is 96.2 Å². The smallest absolute Gasteiger partial charge is 0.200 e. The van der Waals surface area contributed by atoms with Crippen LogP contribution in [0.5, 0.6) is 0 Å². The normalized spacial score (nSPS) is 13.2. The van der Waals surface area contributed by atoms with Crippen LogP contribution in [0.3, 0.4) is 0 Å². The quantitative estimate of drug-likeness (QED) is 0.537. The fourth-order valence-corrected chi connectivity index (χ4v) is 8.31. The van der Waals surface area contributed by atoms with Gasteiger partial charge in [-0.1, -0.05) is 41.5 Å². The minimum Gasteiger partial charge on any atom is -0.416 e. The molecule has 0 bridgehead atoms. The molecule has 15 heavy (non-hydrogen) atoms. The maximum Gasteiger partial charge on any atom is 0.200 e. The molecular weight excluding hydrogens is 204 g/mol. The molecule has 2 nitrogen and oxygen atoms in total. The fourth-order valence-electron chi connectivity index (χ4n) is 2.81. The van der Waals surface area contributed by atoms with E-state index in [0.717, 1.165) is 13.0 Å². The lowest BCUT2D eigenvalue weighted by molar-refractivity contribution is 0.217. The van der Waals surface area contributed by atoms with Gasteiger partial charge in [0.15, 0.2) is 8.32 Å². The minimum atomic E-state index is -1.68. The molecule has 0 fully saturated rings. The standard InChI is InChI=1S/C12H28O2Si/c1-10(2)15(11(3)4,12(5)6)14-9-7-8-13/h10-13H,7-9H2,1-6H3. The van der Waals surface area contributed by atoms with Crippen LogP contribution in [0.2, 0.25) is 16.6 Å². The first-order chi connectivity index (χ1) is 6.89. The van der Waals surface area contributed by atoms with Crippen molar-refractivity contribution in [1.82, 2.24) is 0 Å². The molecular formula is C12H28O2Si. The van der Waals surface area contributed by atoms with E-state index in [9.17, 15) is 0 Å². The first-order valence-corrected chi connectivity index (χ1v) is 8.28. The molecule has 92 valence electrons. The van der Waals surface area contributed by atoms with E-state index in [-0.39, 0.29) is 6.61 Å². The van der Waals surface area contributed by atoms with Gasteiger partial charge in [-0.3, -0.25) is 0 Å². The van der Waals surface area contributed by atoms with Gasteiger partial charge in [-0.05, 0) is 23.0 Å². The first kappa shape index (κ1) is 15.1. The van der Waals surface area contributed by atoms with E-state index in [0.29, 0.717) is 16.6 Å². The van der Waals surface area contributed by atoms with Gasteiger partial charge in [0.2, 0.25) is 0 Å². The maximum atomic E-state index is 8.81. The second kappa shape index (κ2) is 6.66. The van der Waals surface area contributed by atoms with Gasteiger partial charge in [-0.2, -0.15) is 0 Å². The Bertz CT molecular complexity index is 145. The van der Waals surface area contributed by atoms with Crippen molar-refractivity contribution in [2.45, 2.75) is 64.6 Å². The lowest BCUT2D eigenvalue weighted by Gasteiger charge is -2.42. The molecule has 0 aliphatic carbocycles. The molecule has 0 saturated carbocycles. The van der Waals surface area contributed by atoms with Gasteiger partial charge in [0, 0.05) is 13.2 Å². The third kappa shape index (κ3) is 3.57. The third-order valence-corrected chi connectivity index (χ3v) is 9.48. The SMILES string of the molecule is CC(C)[Si](OCCCO)(C(C)C)C(C)C. The van der Waals surface area contributed by atoms with Gasteiger partial charge in [0.25, 0.3) is 0 Å². The second-order valence-corrected chi connectivity index (χ2v) is 10.7. The van der Waals surface area contributed by atoms with Gasteiger partial charge in [0.1, 0.15) is 0 Å². The van der Waals surface area contributed by atoms with E-state index in [2.05, 4.69) is 41.5 Å². The van der Waals surface area contributed by atoms with E-state index >= 15 is 0 Å². The van der Waals surface area contributed by atoms with Gasteiger partial charge in [0.05, 0.1) is 0 Å². The summed E-state index contributed by atoms with van der Waals surface area (Å²) < 4.78 is 6.23. The molecule has 0 heterocycles. The fraction of sp³-hybridized carbons (Fsp3) is 1.00. The van der Waals surface area contributed by atoms with Crippen molar-refractivity contribution in [3.8, 4) is 0 Å². The van der Waals surface area contributed by atoms with Crippen LogP contribution in [0, 0.1) is 0 Å². The second-order valence-electron chi connectivity index (χ2n) is 5.24. The van der Waals surface area contributed by atoms with Crippen molar-refractivity contribution in [2.24, 2.45) is 0 Å². The summed E-state index contributed by atoms with van der Waals surface area (Å²) in [6, 6.07) is 0. The molecule has 0 aliphatic heterocycles. The van der Waals surface area contributed by atoms with Crippen LogP contribution < -0.4 is 0 Å². The lowest BCUT2D eigenvalue weighted by atomic mass is 10.5. The zero-order chi connectivity index (χ0) is 12.1. The summed E-state index contributed by atoms with van der Waals surface area (Å²) in [5.74, 6) is 0. The Morgan fingerprint density at radius 2 is 1.33 bits per heavy atom. The molecule has 0 unspecified atom stereocenters. The number of hydrogen-bond acceptors (Lipinski definition) is 2. The Kier molecular flexibility index (Phi) is 6.72. The summed E-state index contributed by atoms with van der Waals surface area (Å²) in [5.41, 5.74) is 1.91. The average molecular weight is 232 g/mol. The molecule has 0 radical (unpaired) electrons. The van der Waals surface area contributed by atoms with Crippen LogP contribution in [0.4, 0.5) is 0 Å². The lowest BCUT2D eigenvalue weighted by Crippen LogP contribution is -2.48. The summed E-state index contributed by atoms with van der Waals surface area (Å²) in [6.07, 6.45) is 0.765. The molecule has 0 aliphatic rings.